The van der Waals surface area contributed by atoms with Crippen molar-refractivity contribution >= 4 is 47.6 Å². The van der Waals surface area contributed by atoms with Crippen LogP contribution in [0.4, 0.5) is 0 Å². The molecule has 0 fully saturated rings. The molecule has 0 aromatic rings. The Morgan fingerprint density at radius 1 is 0.925 bits per heavy atom. The van der Waals surface area contributed by atoms with Crippen molar-refractivity contribution in [1.82, 2.24) is 31.6 Å². The molecule has 0 aliphatic carbocycles. The Labute approximate surface area is 308 Å². The molecule has 53 heavy (non-hydrogen) atoms. The summed E-state index contributed by atoms with van der Waals surface area (Å²) in [5, 5.41) is 54.4. The predicted octanol–water partition coefficient (Wildman–Crippen LogP) is -3.35. The SMILES string of the molecule is CCC(C)=C(NC(=O)C(CC(C)C)NC(=O)C1CCC=NN1C(=O)C(NC(=O)C(C)NC(=O)C(N)(CCO)CCO)C(C)N)C(=O)NC(CO)C(=O)O. The zero-order valence-corrected chi connectivity index (χ0v) is 31.2. The van der Waals surface area contributed by atoms with E-state index in [0.717, 1.165) is 5.01 Å². The minimum Gasteiger partial charge on any atom is -0.480 e. The average molecular weight is 756 g/mol. The number of aliphatic carboxylic acids is 1. The highest BCUT2D eigenvalue weighted by Crippen LogP contribution is 2.18. The Morgan fingerprint density at radius 2 is 1.53 bits per heavy atom. The minimum atomic E-state index is -1.66. The second kappa shape index (κ2) is 21.9. The van der Waals surface area contributed by atoms with Crippen molar-refractivity contribution in [2.75, 3.05) is 19.8 Å². The van der Waals surface area contributed by atoms with E-state index in [1.807, 2.05) is 0 Å². The van der Waals surface area contributed by atoms with E-state index in [9.17, 15) is 54.0 Å². The Bertz CT molecular complexity index is 1380. The van der Waals surface area contributed by atoms with Crippen LogP contribution in [0.2, 0.25) is 0 Å². The van der Waals surface area contributed by atoms with Crippen molar-refractivity contribution in [3.63, 3.8) is 0 Å². The van der Waals surface area contributed by atoms with Gasteiger partial charge in [0.25, 0.3) is 11.8 Å². The molecular formula is C33H57N9O11. The van der Waals surface area contributed by atoms with Gasteiger partial charge >= 0.3 is 5.97 Å². The van der Waals surface area contributed by atoms with Crippen molar-refractivity contribution in [3.05, 3.63) is 11.3 Å². The zero-order valence-electron chi connectivity index (χ0n) is 31.2. The fourth-order valence-electron chi connectivity index (χ4n) is 5.16. The fraction of sp³-hybridized carbons (Fsp3) is 0.697. The monoisotopic (exact) mass is 755 g/mol. The second-order valence-electron chi connectivity index (χ2n) is 13.5. The summed E-state index contributed by atoms with van der Waals surface area (Å²) < 4.78 is 0. The van der Waals surface area contributed by atoms with E-state index in [4.69, 9.17) is 11.5 Å². The minimum absolute atomic E-state index is 0.0811. The first kappa shape index (κ1) is 46.5. The highest BCUT2D eigenvalue weighted by molar-refractivity contribution is 6.02. The first-order chi connectivity index (χ1) is 24.8. The number of rotatable bonds is 21. The van der Waals surface area contributed by atoms with Gasteiger partial charge in [-0.25, -0.2) is 9.80 Å². The summed E-state index contributed by atoms with van der Waals surface area (Å²) in [6.45, 7) is 7.80. The highest BCUT2D eigenvalue weighted by atomic mass is 16.4. The molecule has 20 heteroatoms. The van der Waals surface area contributed by atoms with E-state index in [2.05, 4.69) is 31.7 Å². The number of carboxylic acids is 1. The summed E-state index contributed by atoms with van der Waals surface area (Å²) in [5.41, 5.74) is 10.6. The van der Waals surface area contributed by atoms with Crippen molar-refractivity contribution in [2.24, 2.45) is 22.5 Å². The number of carbonyl (C=O) groups is 7. The molecule has 0 saturated heterocycles. The summed E-state index contributed by atoms with van der Waals surface area (Å²) in [6, 6.07) is -7.81. The van der Waals surface area contributed by atoms with Crippen LogP contribution in [0.25, 0.3) is 0 Å². The number of hydrogen-bond acceptors (Lipinski definition) is 13. The number of aliphatic hydroxyl groups excluding tert-OH is 3. The van der Waals surface area contributed by atoms with Crippen molar-refractivity contribution in [3.8, 4) is 0 Å². The average Bonchev–Trinajstić information content (AvgIpc) is 3.10. The fourth-order valence-corrected chi connectivity index (χ4v) is 5.16. The van der Waals surface area contributed by atoms with Crippen molar-refractivity contribution in [1.29, 1.82) is 0 Å². The van der Waals surface area contributed by atoms with Crippen LogP contribution in [-0.2, 0) is 33.6 Å². The van der Waals surface area contributed by atoms with E-state index >= 15 is 0 Å². The molecule has 6 atom stereocenters. The van der Waals surface area contributed by atoms with Crippen LogP contribution in [0.1, 0.15) is 80.1 Å². The first-order valence-corrected chi connectivity index (χ1v) is 17.5. The molecule has 300 valence electrons. The van der Waals surface area contributed by atoms with E-state index in [1.54, 1.807) is 27.7 Å². The molecule has 0 spiro atoms. The summed E-state index contributed by atoms with van der Waals surface area (Å²) in [7, 11) is 0. The molecule has 0 bridgehead atoms. The van der Waals surface area contributed by atoms with Gasteiger partial charge in [0, 0.05) is 25.5 Å². The summed E-state index contributed by atoms with van der Waals surface area (Å²) >= 11 is 0. The number of aliphatic hydroxyl groups is 3. The quantitative estimate of drug-likeness (QED) is 0.0511. The molecule has 1 rings (SSSR count). The lowest BCUT2D eigenvalue weighted by atomic mass is 9.91. The molecular weight excluding hydrogens is 698 g/mol. The number of nitrogens with one attached hydrogen (secondary N) is 5. The van der Waals surface area contributed by atoms with Gasteiger partial charge in [-0.05, 0) is 70.8 Å². The molecule has 0 aromatic heterocycles. The van der Waals surface area contributed by atoms with Gasteiger partial charge in [0.15, 0.2) is 6.04 Å². The molecule has 6 unspecified atom stereocenters. The second-order valence-corrected chi connectivity index (χ2v) is 13.5. The van der Waals surface area contributed by atoms with Gasteiger partial charge < -0.3 is 58.5 Å². The van der Waals surface area contributed by atoms with Crippen LogP contribution in [-0.4, -0.2) is 135 Å². The van der Waals surface area contributed by atoms with Crippen LogP contribution in [0.3, 0.4) is 0 Å². The van der Waals surface area contributed by atoms with E-state index in [0.29, 0.717) is 12.0 Å². The predicted molar refractivity (Wildman–Crippen MR) is 191 cm³/mol. The van der Waals surface area contributed by atoms with Gasteiger partial charge in [-0.1, -0.05) is 20.8 Å². The maximum Gasteiger partial charge on any atom is 0.328 e. The molecule has 1 aliphatic heterocycles. The standard InChI is InChI=1S/C33H57N9O11/c1-7-18(4)24(29(49)39-22(16-45)31(51)52)40-27(47)21(15-17(2)3)38-28(48)23-9-8-12-36-42(23)30(50)25(19(5)34)41-26(46)20(6)37-32(53)33(35,10-13-43)11-14-44/h12,17,19-23,25,43-45H,7-11,13-16,34-35H2,1-6H3,(H,37,53)(H,38,48)(H,39,49)(H,40,47)(H,41,46)(H,51,52). The zero-order chi connectivity index (χ0) is 40.6. The van der Waals surface area contributed by atoms with E-state index < -0.39 is 103 Å². The number of nitrogens with zero attached hydrogens (tertiary/aromatic N) is 2. The molecule has 13 N–H and O–H groups in total. The molecule has 0 radical (unpaired) electrons. The van der Waals surface area contributed by atoms with Gasteiger partial charge in [-0.3, -0.25) is 28.8 Å². The summed E-state index contributed by atoms with van der Waals surface area (Å²) in [5.74, 6) is -6.67. The number of carbonyl (C=O) groups excluding carboxylic acids is 6. The summed E-state index contributed by atoms with van der Waals surface area (Å²) in [4.78, 5) is 91.5. The number of allylic oxidation sites excluding steroid dienone is 1. The van der Waals surface area contributed by atoms with Gasteiger partial charge in [0.2, 0.25) is 23.6 Å². The lowest BCUT2D eigenvalue weighted by molar-refractivity contribution is -0.145. The number of nitrogens with two attached hydrogens (primary N) is 2. The van der Waals surface area contributed by atoms with Crippen LogP contribution < -0.4 is 38.1 Å². The first-order valence-electron chi connectivity index (χ1n) is 17.5. The highest BCUT2D eigenvalue weighted by Gasteiger charge is 2.40. The molecule has 1 heterocycles. The van der Waals surface area contributed by atoms with Crippen LogP contribution >= 0.6 is 0 Å². The number of hydrazone groups is 1. The Balaban J connectivity index is 3.26. The van der Waals surface area contributed by atoms with E-state index in [-0.39, 0.29) is 43.7 Å². The number of amides is 6. The summed E-state index contributed by atoms with van der Waals surface area (Å²) in [6.07, 6.45) is 1.77. The maximum absolute atomic E-state index is 13.8. The van der Waals surface area contributed by atoms with E-state index in [1.165, 1.54) is 20.1 Å². The number of hydrogen-bond donors (Lipinski definition) is 11. The lowest BCUT2D eigenvalue weighted by Crippen LogP contribution is -2.63. The van der Waals surface area contributed by atoms with Gasteiger partial charge in [0.05, 0.1) is 12.1 Å². The molecule has 1 aliphatic rings. The number of carboxylic acid groups (broad SMARTS) is 1. The third kappa shape index (κ3) is 13.8. The topological polar surface area (TPSA) is 328 Å². The van der Waals surface area contributed by atoms with Gasteiger partial charge in [-0.15, -0.1) is 0 Å². The van der Waals surface area contributed by atoms with Gasteiger partial charge in [0.1, 0.15) is 29.9 Å². The molecule has 6 amide bonds. The molecule has 0 aromatic carbocycles. The third-order valence-corrected chi connectivity index (χ3v) is 8.56. The van der Waals surface area contributed by atoms with Crippen LogP contribution in [0.15, 0.2) is 16.4 Å². The molecule has 20 nitrogen and oxygen atoms in total. The van der Waals surface area contributed by atoms with Crippen molar-refractivity contribution < 1.29 is 54.0 Å². The maximum atomic E-state index is 13.8. The van der Waals surface area contributed by atoms with Crippen molar-refractivity contribution in [2.45, 2.75) is 122 Å². The Kier molecular flexibility index (Phi) is 19.2. The van der Waals surface area contributed by atoms with Crippen LogP contribution in [0, 0.1) is 5.92 Å². The smallest absolute Gasteiger partial charge is 0.328 e. The van der Waals surface area contributed by atoms with Crippen LogP contribution in [0.5, 0.6) is 0 Å². The lowest BCUT2D eigenvalue weighted by Gasteiger charge is -2.34. The Hall–Kier alpha value is -4.50. The third-order valence-electron chi connectivity index (χ3n) is 8.56. The largest absolute Gasteiger partial charge is 0.480 e. The Morgan fingerprint density at radius 3 is 2.02 bits per heavy atom. The van der Waals surface area contributed by atoms with Gasteiger partial charge in [-0.2, -0.15) is 5.10 Å². The molecule has 0 saturated carbocycles. The normalized spacial score (nSPS) is 17.7.